The normalized spacial score (nSPS) is 10.4. The van der Waals surface area contributed by atoms with Gasteiger partial charge in [-0.05, 0) is 17.7 Å². The fourth-order valence-electron chi connectivity index (χ4n) is 1.35. The van der Waals surface area contributed by atoms with E-state index < -0.39 is 11.6 Å². The summed E-state index contributed by atoms with van der Waals surface area (Å²) in [4.78, 5) is 14.9. The molecule has 1 heterocycles. The van der Waals surface area contributed by atoms with Crippen molar-refractivity contribution in [2.45, 2.75) is 6.42 Å². The minimum Gasteiger partial charge on any atom is -0.297 e. The van der Waals surface area contributed by atoms with Gasteiger partial charge in [-0.3, -0.25) is 4.79 Å². The number of benzene rings is 1. The lowest BCUT2D eigenvalue weighted by molar-refractivity contribution is 0.112. The summed E-state index contributed by atoms with van der Waals surface area (Å²) in [6.45, 7) is 0. The minimum absolute atomic E-state index is 0.327. The molecule has 0 spiro atoms. The number of aldehydes is 1. The first-order valence-electron chi connectivity index (χ1n) is 4.52. The van der Waals surface area contributed by atoms with Crippen molar-refractivity contribution >= 4 is 17.6 Å². The Balaban J connectivity index is 2.22. The van der Waals surface area contributed by atoms with Crippen molar-refractivity contribution in [1.29, 1.82) is 0 Å². The molecule has 0 fully saturated rings. The summed E-state index contributed by atoms with van der Waals surface area (Å²) in [6, 6.07) is 3.33. The highest BCUT2D eigenvalue weighted by atomic mass is 32.1. The number of hydrogen-bond donors (Lipinski definition) is 0. The number of carbonyl (C=O) groups is 1. The van der Waals surface area contributed by atoms with Gasteiger partial charge in [-0.25, -0.2) is 13.8 Å². The van der Waals surface area contributed by atoms with Crippen molar-refractivity contribution in [2.24, 2.45) is 0 Å². The van der Waals surface area contributed by atoms with Gasteiger partial charge in [0.2, 0.25) is 0 Å². The molecule has 82 valence electrons. The highest BCUT2D eigenvalue weighted by Crippen LogP contribution is 2.17. The third-order valence-corrected chi connectivity index (χ3v) is 2.89. The van der Waals surface area contributed by atoms with E-state index in [1.54, 1.807) is 0 Å². The Kier molecular flexibility index (Phi) is 3.05. The van der Waals surface area contributed by atoms with Gasteiger partial charge in [0.05, 0.1) is 9.88 Å². The predicted octanol–water partition coefficient (Wildman–Crippen LogP) is 2.82. The second-order valence-corrected chi connectivity index (χ2v) is 4.38. The fourth-order valence-corrected chi connectivity index (χ4v) is 2.12. The third-order valence-electron chi connectivity index (χ3n) is 1.97. The molecule has 16 heavy (non-hydrogen) atoms. The number of thiazole rings is 1. The first-order valence-corrected chi connectivity index (χ1v) is 5.34. The molecule has 0 aliphatic rings. The van der Waals surface area contributed by atoms with E-state index in [0.717, 1.165) is 6.07 Å². The van der Waals surface area contributed by atoms with Gasteiger partial charge in [-0.1, -0.05) is 0 Å². The van der Waals surface area contributed by atoms with Crippen LogP contribution in [0.2, 0.25) is 0 Å². The second-order valence-electron chi connectivity index (χ2n) is 3.23. The minimum atomic E-state index is -0.609. The summed E-state index contributed by atoms with van der Waals surface area (Å²) in [5.74, 6) is -1.22. The van der Waals surface area contributed by atoms with Crippen LogP contribution in [0.4, 0.5) is 8.78 Å². The Morgan fingerprint density at radius 1 is 1.25 bits per heavy atom. The molecule has 2 nitrogen and oxygen atoms in total. The largest absolute Gasteiger partial charge is 0.297 e. The molecule has 1 aromatic carbocycles. The fraction of sp³-hybridized carbons (Fsp3) is 0.0909. The molecule has 5 heteroatoms. The lowest BCUT2D eigenvalue weighted by Gasteiger charge is -1.98. The monoisotopic (exact) mass is 239 g/mol. The van der Waals surface area contributed by atoms with Crippen LogP contribution in [-0.4, -0.2) is 11.3 Å². The molecule has 0 bridgehead atoms. The molecule has 0 saturated heterocycles. The number of hydrogen-bond acceptors (Lipinski definition) is 3. The van der Waals surface area contributed by atoms with E-state index in [2.05, 4.69) is 4.98 Å². The van der Waals surface area contributed by atoms with E-state index in [9.17, 15) is 13.6 Å². The van der Waals surface area contributed by atoms with Crippen molar-refractivity contribution in [3.05, 3.63) is 51.5 Å². The predicted molar refractivity (Wildman–Crippen MR) is 56.7 cm³/mol. The molecule has 2 rings (SSSR count). The molecule has 0 aliphatic heterocycles. The highest BCUT2D eigenvalue weighted by molar-refractivity contribution is 7.13. The Bertz CT molecular complexity index is 504. The molecule has 0 atom stereocenters. The van der Waals surface area contributed by atoms with Gasteiger partial charge in [-0.15, -0.1) is 11.3 Å². The van der Waals surface area contributed by atoms with Crippen molar-refractivity contribution in [3.8, 4) is 0 Å². The van der Waals surface area contributed by atoms with Gasteiger partial charge in [0.15, 0.2) is 6.29 Å². The van der Waals surface area contributed by atoms with Gasteiger partial charge in [0.1, 0.15) is 11.6 Å². The van der Waals surface area contributed by atoms with Gasteiger partial charge in [-0.2, -0.15) is 0 Å². The summed E-state index contributed by atoms with van der Waals surface area (Å²) in [5, 5.41) is 0.659. The molecule has 0 unspecified atom stereocenters. The van der Waals surface area contributed by atoms with Crippen molar-refractivity contribution < 1.29 is 13.6 Å². The van der Waals surface area contributed by atoms with Gasteiger partial charge < -0.3 is 0 Å². The van der Waals surface area contributed by atoms with E-state index in [4.69, 9.17) is 0 Å². The lowest BCUT2D eigenvalue weighted by atomic mass is 10.1. The molecule has 2 aromatic rings. The number of rotatable bonds is 3. The Labute approximate surface area is 94.6 Å². The van der Waals surface area contributed by atoms with Crippen molar-refractivity contribution in [2.75, 3.05) is 0 Å². The molecule has 0 saturated carbocycles. The maximum Gasteiger partial charge on any atom is 0.161 e. The van der Waals surface area contributed by atoms with Crippen LogP contribution in [0.5, 0.6) is 0 Å². The SMILES string of the molecule is O=Cc1cnc(Cc2cc(F)cc(F)c2)s1. The summed E-state index contributed by atoms with van der Waals surface area (Å²) in [6.07, 6.45) is 2.48. The quantitative estimate of drug-likeness (QED) is 0.771. The van der Waals surface area contributed by atoms with Crippen LogP contribution in [0.1, 0.15) is 20.2 Å². The average Bonchev–Trinajstić information content (AvgIpc) is 2.64. The summed E-state index contributed by atoms with van der Waals surface area (Å²) in [5.41, 5.74) is 0.504. The Morgan fingerprint density at radius 3 is 2.50 bits per heavy atom. The van der Waals surface area contributed by atoms with E-state index in [-0.39, 0.29) is 0 Å². The maximum atomic E-state index is 12.9. The van der Waals surface area contributed by atoms with Gasteiger partial charge >= 0.3 is 0 Å². The summed E-state index contributed by atoms with van der Waals surface area (Å²) >= 11 is 1.22. The zero-order valence-electron chi connectivity index (χ0n) is 8.11. The highest BCUT2D eigenvalue weighted by Gasteiger charge is 2.05. The van der Waals surface area contributed by atoms with Crippen molar-refractivity contribution in [3.63, 3.8) is 0 Å². The molecular formula is C11H7F2NOS. The van der Waals surface area contributed by atoms with Crippen LogP contribution in [0.15, 0.2) is 24.4 Å². The molecular weight excluding hydrogens is 232 g/mol. The van der Waals surface area contributed by atoms with Crippen LogP contribution >= 0.6 is 11.3 Å². The summed E-state index contributed by atoms with van der Waals surface area (Å²) in [7, 11) is 0. The number of halogens is 2. The topological polar surface area (TPSA) is 30.0 Å². The van der Waals surface area contributed by atoms with Crippen molar-refractivity contribution in [1.82, 2.24) is 4.98 Å². The van der Waals surface area contributed by atoms with E-state index >= 15 is 0 Å². The molecule has 0 aliphatic carbocycles. The first kappa shape index (κ1) is 10.9. The van der Waals surface area contributed by atoms with Crippen LogP contribution in [0, 0.1) is 11.6 Å². The zero-order chi connectivity index (χ0) is 11.5. The number of carbonyl (C=O) groups excluding carboxylic acids is 1. The smallest absolute Gasteiger partial charge is 0.161 e. The van der Waals surface area contributed by atoms with Crippen LogP contribution in [0.25, 0.3) is 0 Å². The number of nitrogens with zero attached hydrogens (tertiary/aromatic N) is 1. The van der Waals surface area contributed by atoms with Crippen LogP contribution < -0.4 is 0 Å². The summed E-state index contributed by atoms with van der Waals surface area (Å²) < 4.78 is 25.8. The van der Waals surface area contributed by atoms with Gasteiger partial charge in [0.25, 0.3) is 0 Å². The number of aromatic nitrogens is 1. The maximum absolute atomic E-state index is 12.9. The van der Waals surface area contributed by atoms with Gasteiger partial charge in [0, 0.05) is 18.7 Å². The third kappa shape index (κ3) is 2.49. The first-order chi connectivity index (χ1) is 7.67. The molecule has 0 amide bonds. The average molecular weight is 239 g/mol. The van der Waals surface area contributed by atoms with Crippen LogP contribution in [0.3, 0.4) is 0 Å². The second kappa shape index (κ2) is 4.49. The van der Waals surface area contributed by atoms with E-state index in [1.807, 2.05) is 0 Å². The molecule has 0 radical (unpaired) electrons. The Hall–Kier alpha value is -1.62. The van der Waals surface area contributed by atoms with E-state index in [0.29, 0.717) is 28.2 Å². The molecule has 1 aromatic heterocycles. The Morgan fingerprint density at radius 2 is 1.94 bits per heavy atom. The van der Waals surface area contributed by atoms with Crippen LogP contribution in [-0.2, 0) is 6.42 Å². The molecule has 0 N–H and O–H groups in total. The van der Waals surface area contributed by atoms with E-state index in [1.165, 1.54) is 29.7 Å². The lowest BCUT2D eigenvalue weighted by Crippen LogP contribution is -1.90. The standard InChI is InChI=1S/C11H7F2NOS/c12-8-1-7(2-9(13)4-8)3-11-14-5-10(6-15)16-11/h1-2,4-6H,3H2. The zero-order valence-corrected chi connectivity index (χ0v) is 8.93.